The number of benzene rings is 1. The molecule has 0 atom stereocenters. The molecule has 0 aliphatic carbocycles. The van der Waals surface area contributed by atoms with E-state index in [0.717, 1.165) is 37.0 Å². The van der Waals surface area contributed by atoms with E-state index < -0.39 is 12.7 Å². The fourth-order valence-corrected chi connectivity index (χ4v) is 4.09. The van der Waals surface area contributed by atoms with Crippen molar-refractivity contribution in [1.82, 2.24) is 20.2 Å². The number of fused-ring (bicyclic) bond motifs is 1. The monoisotopic (exact) mass is 499 g/mol. The van der Waals surface area contributed by atoms with Crippen LogP contribution >= 0.6 is 0 Å². The molecule has 1 aliphatic heterocycles. The van der Waals surface area contributed by atoms with Crippen LogP contribution < -0.4 is 16.0 Å². The SMILES string of the molecule is CNC(=O)c1ccc(NCC#Cc2cc3cc(CNC4CCOCC4)ccc3n2CC(F)(F)F)cn1. The maximum atomic E-state index is 13.3. The van der Waals surface area contributed by atoms with Crippen molar-refractivity contribution in [2.45, 2.75) is 38.1 Å². The number of ether oxygens (including phenoxy) is 1. The Morgan fingerprint density at radius 3 is 2.69 bits per heavy atom. The summed E-state index contributed by atoms with van der Waals surface area (Å²) < 4.78 is 46.5. The summed E-state index contributed by atoms with van der Waals surface area (Å²) in [5.74, 6) is 5.47. The summed E-state index contributed by atoms with van der Waals surface area (Å²) in [4.78, 5) is 15.6. The summed E-state index contributed by atoms with van der Waals surface area (Å²) in [5.41, 5.74) is 2.73. The first-order valence-corrected chi connectivity index (χ1v) is 11.7. The number of aromatic nitrogens is 2. The van der Waals surface area contributed by atoms with Gasteiger partial charge in [0.2, 0.25) is 0 Å². The Bertz CT molecular complexity index is 1250. The van der Waals surface area contributed by atoms with Gasteiger partial charge in [-0.2, -0.15) is 13.2 Å². The molecule has 3 N–H and O–H groups in total. The Kier molecular flexibility index (Phi) is 8.13. The average molecular weight is 500 g/mol. The first kappa shape index (κ1) is 25.5. The summed E-state index contributed by atoms with van der Waals surface area (Å²) in [6, 6.07) is 10.8. The van der Waals surface area contributed by atoms with Crippen LogP contribution in [0.3, 0.4) is 0 Å². The van der Waals surface area contributed by atoms with E-state index in [1.807, 2.05) is 12.1 Å². The van der Waals surface area contributed by atoms with Crippen LogP contribution in [0, 0.1) is 11.8 Å². The Labute approximate surface area is 207 Å². The lowest BCUT2D eigenvalue weighted by Gasteiger charge is -2.23. The van der Waals surface area contributed by atoms with Crippen LogP contribution in [0.5, 0.6) is 0 Å². The zero-order valence-electron chi connectivity index (χ0n) is 19.9. The number of alkyl halides is 3. The van der Waals surface area contributed by atoms with E-state index in [2.05, 4.69) is 32.8 Å². The number of hydrogen-bond donors (Lipinski definition) is 3. The summed E-state index contributed by atoms with van der Waals surface area (Å²) in [7, 11) is 1.52. The van der Waals surface area contributed by atoms with Crippen molar-refractivity contribution >= 4 is 22.5 Å². The highest BCUT2D eigenvalue weighted by atomic mass is 19.4. The van der Waals surface area contributed by atoms with Gasteiger partial charge >= 0.3 is 6.18 Å². The van der Waals surface area contributed by atoms with E-state index in [0.29, 0.717) is 29.5 Å². The highest BCUT2D eigenvalue weighted by Crippen LogP contribution is 2.26. The van der Waals surface area contributed by atoms with E-state index in [4.69, 9.17) is 4.74 Å². The first-order chi connectivity index (χ1) is 17.3. The third kappa shape index (κ3) is 6.77. The highest BCUT2D eigenvalue weighted by Gasteiger charge is 2.29. The van der Waals surface area contributed by atoms with Gasteiger partial charge in [-0.25, -0.2) is 4.98 Å². The molecule has 190 valence electrons. The predicted molar refractivity (Wildman–Crippen MR) is 132 cm³/mol. The number of amides is 1. The quantitative estimate of drug-likeness (QED) is 0.432. The van der Waals surface area contributed by atoms with Crippen molar-refractivity contribution in [1.29, 1.82) is 0 Å². The van der Waals surface area contributed by atoms with Crippen LogP contribution in [0.25, 0.3) is 10.9 Å². The number of nitrogens with zero attached hydrogens (tertiary/aromatic N) is 2. The molecule has 3 heterocycles. The third-order valence-corrected chi connectivity index (χ3v) is 5.94. The van der Waals surface area contributed by atoms with E-state index >= 15 is 0 Å². The fraction of sp³-hybridized carbons (Fsp3) is 0.385. The van der Waals surface area contributed by atoms with E-state index in [9.17, 15) is 18.0 Å². The van der Waals surface area contributed by atoms with Gasteiger partial charge in [0.15, 0.2) is 0 Å². The number of carbonyl (C=O) groups is 1. The molecule has 0 spiro atoms. The number of pyridine rings is 1. The number of hydrogen-bond acceptors (Lipinski definition) is 5. The van der Waals surface area contributed by atoms with Crippen molar-refractivity contribution in [3.8, 4) is 11.8 Å². The number of anilines is 1. The summed E-state index contributed by atoms with van der Waals surface area (Å²) in [6.07, 6.45) is -0.969. The number of carbonyl (C=O) groups excluding carboxylic acids is 1. The van der Waals surface area contributed by atoms with Crippen LogP contribution in [0.2, 0.25) is 0 Å². The van der Waals surface area contributed by atoms with Gasteiger partial charge in [-0.1, -0.05) is 12.0 Å². The minimum absolute atomic E-state index is 0.203. The zero-order chi connectivity index (χ0) is 25.5. The molecule has 4 rings (SSSR count). The standard InChI is InChI=1S/C26H28F3N5O2/c1-30-25(35)23-6-5-21(16-33-23)31-10-2-3-22-14-19-13-18(15-32-20-8-11-36-12-9-20)4-7-24(19)34(22)17-26(27,28)29/h4-7,13-14,16,20,31-32H,8-12,15,17H2,1H3,(H,30,35). The molecule has 7 nitrogen and oxygen atoms in total. The predicted octanol–water partition coefficient (Wildman–Crippen LogP) is 3.69. The maximum Gasteiger partial charge on any atom is 0.406 e. The van der Waals surface area contributed by atoms with Gasteiger partial charge in [0, 0.05) is 43.8 Å². The van der Waals surface area contributed by atoms with E-state index in [-0.39, 0.29) is 18.1 Å². The topological polar surface area (TPSA) is 80.2 Å². The van der Waals surface area contributed by atoms with Gasteiger partial charge in [0.25, 0.3) is 5.91 Å². The average Bonchev–Trinajstić information content (AvgIpc) is 3.20. The van der Waals surface area contributed by atoms with Gasteiger partial charge in [0.05, 0.1) is 24.1 Å². The largest absolute Gasteiger partial charge is 0.406 e. The first-order valence-electron chi connectivity index (χ1n) is 11.7. The molecule has 1 aliphatic rings. The molecule has 1 fully saturated rings. The molecule has 1 saturated heterocycles. The molecule has 0 radical (unpaired) electrons. The van der Waals surface area contributed by atoms with Crippen molar-refractivity contribution < 1.29 is 22.7 Å². The molecule has 0 bridgehead atoms. The second-order valence-electron chi connectivity index (χ2n) is 8.56. The molecule has 10 heteroatoms. The second-order valence-corrected chi connectivity index (χ2v) is 8.56. The van der Waals surface area contributed by atoms with Crippen molar-refractivity contribution in [2.75, 3.05) is 32.1 Å². The lowest BCUT2D eigenvalue weighted by atomic mass is 10.1. The Hall–Kier alpha value is -3.55. The van der Waals surface area contributed by atoms with Crippen molar-refractivity contribution in [3.63, 3.8) is 0 Å². The lowest BCUT2D eigenvalue weighted by Crippen LogP contribution is -2.34. The Balaban J connectivity index is 1.47. The van der Waals surface area contributed by atoms with Gasteiger partial charge in [0.1, 0.15) is 12.2 Å². The fourth-order valence-electron chi connectivity index (χ4n) is 4.09. The molecular weight excluding hydrogens is 471 g/mol. The Morgan fingerprint density at radius 2 is 2.00 bits per heavy atom. The van der Waals surface area contributed by atoms with Crippen LogP contribution in [-0.4, -0.2) is 54.5 Å². The summed E-state index contributed by atoms with van der Waals surface area (Å²) >= 11 is 0. The number of rotatable bonds is 7. The minimum atomic E-state index is -4.37. The van der Waals surface area contributed by atoms with Crippen LogP contribution in [0.4, 0.5) is 18.9 Å². The van der Waals surface area contributed by atoms with Crippen LogP contribution in [0.15, 0.2) is 42.6 Å². The van der Waals surface area contributed by atoms with Crippen LogP contribution in [-0.2, 0) is 17.8 Å². The van der Waals surface area contributed by atoms with Gasteiger partial charge in [-0.3, -0.25) is 4.79 Å². The zero-order valence-corrected chi connectivity index (χ0v) is 19.9. The molecule has 36 heavy (non-hydrogen) atoms. The summed E-state index contributed by atoms with van der Waals surface area (Å²) in [6.45, 7) is 1.22. The van der Waals surface area contributed by atoms with Gasteiger partial charge < -0.3 is 25.3 Å². The van der Waals surface area contributed by atoms with Gasteiger partial charge in [-0.15, -0.1) is 0 Å². The highest BCUT2D eigenvalue weighted by molar-refractivity contribution is 5.92. The lowest BCUT2D eigenvalue weighted by molar-refractivity contribution is -0.140. The number of halogens is 3. The summed E-state index contributed by atoms with van der Waals surface area (Å²) in [5, 5.41) is 9.76. The van der Waals surface area contributed by atoms with Crippen LogP contribution in [0.1, 0.15) is 34.6 Å². The molecule has 0 unspecified atom stereocenters. The Morgan fingerprint density at radius 1 is 1.19 bits per heavy atom. The van der Waals surface area contributed by atoms with Crippen molar-refractivity contribution in [3.05, 3.63) is 59.5 Å². The third-order valence-electron chi connectivity index (χ3n) is 5.94. The minimum Gasteiger partial charge on any atom is -0.381 e. The molecular formula is C26H28F3N5O2. The normalized spacial score (nSPS) is 14.3. The molecule has 2 aromatic heterocycles. The smallest absolute Gasteiger partial charge is 0.381 e. The van der Waals surface area contributed by atoms with E-state index in [1.54, 1.807) is 24.3 Å². The number of nitrogens with one attached hydrogen (secondary N) is 3. The van der Waals surface area contributed by atoms with Crippen molar-refractivity contribution in [2.24, 2.45) is 0 Å². The molecule has 0 saturated carbocycles. The second kappa shape index (κ2) is 11.5. The molecule has 1 amide bonds. The molecule has 1 aromatic carbocycles. The van der Waals surface area contributed by atoms with Gasteiger partial charge in [-0.05, 0) is 54.7 Å². The molecule has 3 aromatic rings. The maximum absolute atomic E-state index is 13.3. The van der Waals surface area contributed by atoms with E-state index in [1.165, 1.54) is 17.8 Å².